The van der Waals surface area contributed by atoms with Crippen molar-refractivity contribution >= 4 is 17.2 Å². The molecular formula is C13H19NO2S. The van der Waals surface area contributed by atoms with Crippen molar-refractivity contribution in [3.63, 3.8) is 0 Å². The minimum Gasteiger partial charge on any atom is -0.396 e. The molecule has 1 saturated carbocycles. The molecule has 0 spiro atoms. The van der Waals surface area contributed by atoms with E-state index in [-0.39, 0.29) is 24.5 Å². The monoisotopic (exact) mass is 253 g/mol. The highest BCUT2D eigenvalue weighted by molar-refractivity contribution is 7.10. The van der Waals surface area contributed by atoms with Gasteiger partial charge in [-0.15, -0.1) is 11.3 Å². The van der Waals surface area contributed by atoms with E-state index in [9.17, 15) is 4.79 Å². The molecular weight excluding hydrogens is 234 g/mol. The van der Waals surface area contributed by atoms with E-state index in [1.54, 1.807) is 11.3 Å². The molecule has 1 aliphatic carbocycles. The van der Waals surface area contributed by atoms with Gasteiger partial charge in [-0.3, -0.25) is 4.79 Å². The maximum Gasteiger partial charge on any atom is 0.223 e. The molecule has 0 aromatic carbocycles. The van der Waals surface area contributed by atoms with Crippen molar-refractivity contribution in [2.75, 3.05) is 6.61 Å². The topological polar surface area (TPSA) is 49.3 Å². The lowest BCUT2D eigenvalue weighted by molar-refractivity contribution is -0.123. The van der Waals surface area contributed by atoms with Crippen molar-refractivity contribution in [2.45, 2.75) is 38.6 Å². The van der Waals surface area contributed by atoms with Gasteiger partial charge in [0.25, 0.3) is 0 Å². The molecule has 4 heteroatoms. The lowest BCUT2D eigenvalue weighted by Crippen LogP contribution is -2.34. The number of rotatable bonds is 5. The maximum absolute atomic E-state index is 11.9. The normalized spacial score (nSPS) is 24.4. The molecule has 0 radical (unpaired) electrons. The molecule has 0 bridgehead atoms. The van der Waals surface area contributed by atoms with E-state index < -0.39 is 0 Å². The van der Waals surface area contributed by atoms with E-state index in [4.69, 9.17) is 5.11 Å². The van der Waals surface area contributed by atoms with Crippen molar-refractivity contribution in [2.24, 2.45) is 5.92 Å². The summed E-state index contributed by atoms with van der Waals surface area (Å²) in [5.41, 5.74) is 1.30. The summed E-state index contributed by atoms with van der Waals surface area (Å²) in [6.07, 6.45) is 1.60. The summed E-state index contributed by atoms with van der Waals surface area (Å²) >= 11 is 1.75. The Balaban J connectivity index is 1.86. The number of aliphatic hydroxyl groups is 1. The summed E-state index contributed by atoms with van der Waals surface area (Å²) in [6.45, 7) is 4.16. The van der Waals surface area contributed by atoms with Crippen LogP contribution >= 0.6 is 11.3 Å². The number of amides is 1. The van der Waals surface area contributed by atoms with Crippen LogP contribution in [0.25, 0.3) is 0 Å². The average molecular weight is 253 g/mol. The van der Waals surface area contributed by atoms with Gasteiger partial charge in [0.1, 0.15) is 0 Å². The van der Waals surface area contributed by atoms with Crippen LogP contribution in [-0.2, 0) is 4.79 Å². The highest BCUT2D eigenvalue weighted by atomic mass is 32.1. The van der Waals surface area contributed by atoms with E-state index in [0.29, 0.717) is 12.3 Å². The second-order valence-electron chi connectivity index (χ2n) is 4.84. The molecule has 3 atom stereocenters. The van der Waals surface area contributed by atoms with Crippen LogP contribution in [0.5, 0.6) is 0 Å². The molecule has 1 aliphatic rings. The molecule has 1 heterocycles. The minimum atomic E-state index is 0.0678. The molecule has 2 rings (SSSR count). The van der Waals surface area contributed by atoms with Crippen LogP contribution in [0, 0.1) is 12.8 Å². The minimum absolute atomic E-state index is 0.0678. The largest absolute Gasteiger partial charge is 0.396 e. The van der Waals surface area contributed by atoms with Crippen LogP contribution in [0.4, 0.5) is 0 Å². The van der Waals surface area contributed by atoms with Gasteiger partial charge < -0.3 is 10.4 Å². The number of hydrogen-bond donors (Lipinski definition) is 2. The van der Waals surface area contributed by atoms with Crippen molar-refractivity contribution in [1.29, 1.82) is 0 Å². The zero-order chi connectivity index (χ0) is 12.4. The van der Waals surface area contributed by atoms with Crippen LogP contribution in [0.3, 0.4) is 0 Å². The first-order valence-corrected chi connectivity index (χ1v) is 6.96. The molecule has 2 N–H and O–H groups in total. The summed E-state index contributed by atoms with van der Waals surface area (Å²) < 4.78 is 0. The van der Waals surface area contributed by atoms with Crippen molar-refractivity contribution < 1.29 is 9.90 Å². The van der Waals surface area contributed by atoms with Crippen LogP contribution in [0.1, 0.15) is 36.1 Å². The van der Waals surface area contributed by atoms with E-state index in [1.807, 2.05) is 6.92 Å². The quantitative estimate of drug-likeness (QED) is 0.843. The van der Waals surface area contributed by atoms with E-state index in [0.717, 1.165) is 6.42 Å². The highest BCUT2D eigenvalue weighted by Gasteiger charge is 2.45. The fourth-order valence-corrected chi connectivity index (χ4v) is 3.26. The molecule has 3 unspecified atom stereocenters. The summed E-state index contributed by atoms with van der Waals surface area (Å²) in [5, 5.41) is 13.8. The number of nitrogens with one attached hydrogen (secondary N) is 1. The first-order valence-electron chi connectivity index (χ1n) is 6.08. The van der Waals surface area contributed by atoms with Gasteiger partial charge in [0.05, 0.1) is 0 Å². The van der Waals surface area contributed by atoms with Gasteiger partial charge in [0, 0.05) is 29.4 Å². The van der Waals surface area contributed by atoms with Gasteiger partial charge in [0.15, 0.2) is 0 Å². The SMILES string of the molecule is Cc1ccsc1C1CC1C(=O)NC(C)CCO. The summed E-state index contributed by atoms with van der Waals surface area (Å²) in [7, 11) is 0. The van der Waals surface area contributed by atoms with Gasteiger partial charge in [-0.2, -0.15) is 0 Å². The number of aryl methyl sites for hydroxylation is 1. The molecule has 1 fully saturated rings. The van der Waals surface area contributed by atoms with Gasteiger partial charge in [-0.05, 0) is 43.7 Å². The zero-order valence-electron chi connectivity index (χ0n) is 10.3. The predicted molar refractivity (Wildman–Crippen MR) is 69.2 cm³/mol. The first-order chi connectivity index (χ1) is 8.13. The summed E-state index contributed by atoms with van der Waals surface area (Å²) in [6, 6.07) is 2.18. The van der Waals surface area contributed by atoms with Gasteiger partial charge >= 0.3 is 0 Å². The predicted octanol–water partition coefficient (Wildman–Crippen LogP) is 2.05. The molecule has 3 nitrogen and oxygen atoms in total. The lowest BCUT2D eigenvalue weighted by atomic mass is 10.2. The van der Waals surface area contributed by atoms with Crippen LogP contribution in [0.2, 0.25) is 0 Å². The van der Waals surface area contributed by atoms with E-state index in [2.05, 4.69) is 23.7 Å². The Labute approximate surface area is 106 Å². The van der Waals surface area contributed by atoms with E-state index >= 15 is 0 Å². The molecule has 0 saturated heterocycles. The third kappa shape index (κ3) is 2.87. The maximum atomic E-state index is 11.9. The third-order valence-electron chi connectivity index (χ3n) is 3.32. The Morgan fingerprint density at radius 2 is 2.47 bits per heavy atom. The lowest BCUT2D eigenvalue weighted by Gasteiger charge is -2.12. The van der Waals surface area contributed by atoms with Crippen LogP contribution < -0.4 is 5.32 Å². The molecule has 17 heavy (non-hydrogen) atoms. The zero-order valence-corrected chi connectivity index (χ0v) is 11.1. The molecule has 1 aromatic rings. The Kier molecular flexibility index (Phi) is 3.84. The number of carbonyl (C=O) groups is 1. The molecule has 1 aromatic heterocycles. The van der Waals surface area contributed by atoms with Crippen molar-refractivity contribution in [3.05, 3.63) is 21.9 Å². The van der Waals surface area contributed by atoms with Crippen molar-refractivity contribution in [3.8, 4) is 0 Å². The molecule has 0 aliphatic heterocycles. The second-order valence-corrected chi connectivity index (χ2v) is 5.79. The summed E-state index contributed by atoms with van der Waals surface area (Å²) in [4.78, 5) is 13.3. The standard InChI is InChI=1S/C13H19NO2S/c1-8-4-6-17-12(8)10-7-11(10)13(16)14-9(2)3-5-15/h4,6,9-11,15H,3,5,7H2,1-2H3,(H,14,16). The Hall–Kier alpha value is -0.870. The van der Waals surface area contributed by atoms with Gasteiger partial charge in [0.2, 0.25) is 5.91 Å². The Morgan fingerprint density at radius 1 is 1.71 bits per heavy atom. The molecule has 1 amide bonds. The van der Waals surface area contributed by atoms with Gasteiger partial charge in [-0.25, -0.2) is 0 Å². The van der Waals surface area contributed by atoms with Crippen LogP contribution in [-0.4, -0.2) is 23.7 Å². The third-order valence-corrected chi connectivity index (χ3v) is 4.47. The molecule has 94 valence electrons. The van der Waals surface area contributed by atoms with Gasteiger partial charge in [-0.1, -0.05) is 0 Å². The number of carbonyl (C=O) groups excluding carboxylic acids is 1. The number of thiophene rings is 1. The fourth-order valence-electron chi connectivity index (χ4n) is 2.15. The first kappa shape index (κ1) is 12.6. The second kappa shape index (κ2) is 5.19. The Morgan fingerprint density at radius 3 is 3.06 bits per heavy atom. The highest BCUT2D eigenvalue weighted by Crippen LogP contribution is 2.50. The van der Waals surface area contributed by atoms with Crippen molar-refractivity contribution in [1.82, 2.24) is 5.32 Å². The van der Waals surface area contributed by atoms with Crippen LogP contribution in [0.15, 0.2) is 11.4 Å². The summed E-state index contributed by atoms with van der Waals surface area (Å²) in [5.74, 6) is 0.716. The smallest absolute Gasteiger partial charge is 0.223 e. The number of aliphatic hydroxyl groups excluding tert-OH is 1. The van der Waals surface area contributed by atoms with E-state index in [1.165, 1.54) is 10.4 Å². The number of hydrogen-bond acceptors (Lipinski definition) is 3. The fraction of sp³-hybridized carbons (Fsp3) is 0.615. The average Bonchev–Trinajstić information content (AvgIpc) is 2.95. The Bertz CT molecular complexity index is 402.